The van der Waals surface area contributed by atoms with Crippen LogP contribution in [0.2, 0.25) is 10.0 Å². The van der Waals surface area contributed by atoms with E-state index in [2.05, 4.69) is 10.5 Å². The Balaban J connectivity index is 1.24. The summed E-state index contributed by atoms with van der Waals surface area (Å²) in [5, 5.41) is 4.91. The third-order valence-corrected chi connectivity index (χ3v) is 6.79. The summed E-state index contributed by atoms with van der Waals surface area (Å²) in [5.74, 6) is -1.16. The van der Waals surface area contributed by atoms with Gasteiger partial charge in [0.15, 0.2) is 6.61 Å². The molecule has 5 aromatic rings. The fourth-order valence-electron chi connectivity index (χ4n) is 4.00. The second-order valence-electron chi connectivity index (χ2n) is 9.46. The molecule has 45 heavy (non-hydrogen) atoms. The van der Waals surface area contributed by atoms with E-state index in [0.717, 1.165) is 11.1 Å². The zero-order valence-corrected chi connectivity index (χ0v) is 25.0. The second-order valence-corrected chi connectivity index (χ2v) is 10.3. The van der Waals surface area contributed by atoms with E-state index in [9.17, 15) is 14.4 Å². The van der Waals surface area contributed by atoms with E-state index in [1.165, 1.54) is 48.7 Å². The second kappa shape index (κ2) is 14.8. The summed E-state index contributed by atoms with van der Waals surface area (Å²) in [5.41, 5.74) is 5.32. The highest BCUT2D eigenvalue weighted by Crippen LogP contribution is 2.26. The number of benzene rings is 5. The number of hydrogen-bond acceptors (Lipinski definition) is 7. The summed E-state index contributed by atoms with van der Waals surface area (Å²) in [6, 6.07) is 34.0. The third-order valence-electron chi connectivity index (χ3n) is 6.28. The van der Waals surface area contributed by atoms with Crippen LogP contribution in [0.3, 0.4) is 0 Å². The van der Waals surface area contributed by atoms with E-state index >= 15 is 0 Å². The molecule has 0 spiro atoms. The van der Waals surface area contributed by atoms with Gasteiger partial charge in [-0.2, -0.15) is 5.10 Å². The van der Waals surface area contributed by atoms with Crippen LogP contribution in [0, 0.1) is 0 Å². The molecular formula is C35H24Cl2N2O6. The fraction of sp³-hybridized carbons (Fsp3) is 0.0286. The van der Waals surface area contributed by atoms with Crippen molar-refractivity contribution in [1.29, 1.82) is 0 Å². The first-order chi connectivity index (χ1) is 21.8. The molecular weight excluding hydrogens is 615 g/mol. The maximum atomic E-state index is 12.9. The zero-order chi connectivity index (χ0) is 31.6. The summed E-state index contributed by atoms with van der Waals surface area (Å²) in [6.45, 7) is -0.278. The Hall–Kier alpha value is -5.44. The summed E-state index contributed by atoms with van der Waals surface area (Å²) in [7, 11) is 0. The topological polar surface area (TPSA) is 103 Å². The molecule has 1 amide bonds. The van der Waals surface area contributed by atoms with Crippen molar-refractivity contribution in [1.82, 2.24) is 5.43 Å². The number of hydrazone groups is 1. The van der Waals surface area contributed by atoms with Gasteiger partial charge in [0, 0.05) is 21.7 Å². The van der Waals surface area contributed by atoms with Gasteiger partial charge >= 0.3 is 11.9 Å². The van der Waals surface area contributed by atoms with Crippen LogP contribution in [0.1, 0.15) is 26.3 Å². The summed E-state index contributed by atoms with van der Waals surface area (Å²) >= 11 is 11.8. The number of amides is 1. The molecule has 0 saturated heterocycles. The number of carbonyl (C=O) groups excluding carboxylic acids is 3. The number of carbonyl (C=O) groups is 3. The van der Waals surface area contributed by atoms with Crippen LogP contribution in [0.25, 0.3) is 11.1 Å². The minimum absolute atomic E-state index is 0.0316. The molecule has 0 radical (unpaired) electrons. The molecule has 0 unspecified atom stereocenters. The number of nitrogens with zero attached hydrogens (tertiary/aromatic N) is 1. The smallest absolute Gasteiger partial charge is 0.343 e. The molecule has 224 valence electrons. The highest BCUT2D eigenvalue weighted by molar-refractivity contribution is 6.31. The van der Waals surface area contributed by atoms with Gasteiger partial charge < -0.3 is 14.2 Å². The number of halogens is 2. The molecule has 0 bridgehead atoms. The normalized spacial score (nSPS) is 10.7. The van der Waals surface area contributed by atoms with E-state index in [1.807, 2.05) is 42.5 Å². The van der Waals surface area contributed by atoms with Crippen molar-refractivity contribution < 1.29 is 28.6 Å². The Kier molecular flexibility index (Phi) is 10.2. The van der Waals surface area contributed by atoms with Crippen molar-refractivity contribution in [2.45, 2.75) is 0 Å². The number of rotatable bonds is 10. The van der Waals surface area contributed by atoms with Crippen LogP contribution >= 0.6 is 23.2 Å². The van der Waals surface area contributed by atoms with Crippen LogP contribution in [0.4, 0.5) is 0 Å². The Morgan fingerprint density at radius 1 is 0.644 bits per heavy atom. The predicted octanol–water partition coefficient (Wildman–Crippen LogP) is 7.63. The van der Waals surface area contributed by atoms with E-state index in [-0.39, 0.29) is 29.2 Å². The maximum absolute atomic E-state index is 12.9. The summed E-state index contributed by atoms with van der Waals surface area (Å²) in [6.07, 6.45) is 1.29. The number of hydrogen-bond donors (Lipinski definition) is 1. The molecule has 8 nitrogen and oxygen atoms in total. The predicted molar refractivity (Wildman–Crippen MR) is 172 cm³/mol. The average Bonchev–Trinajstić information content (AvgIpc) is 3.06. The molecule has 10 heteroatoms. The Morgan fingerprint density at radius 3 is 1.82 bits per heavy atom. The summed E-state index contributed by atoms with van der Waals surface area (Å²) < 4.78 is 16.6. The summed E-state index contributed by atoms with van der Waals surface area (Å²) in [4.78, 5) is 37.9. The third kappa shape index (κ3) is 8.79. The number of nitrogens with one attached hydrogen (secondary N) is 1. The molecule has 5 aromatic carbocycles. The lowest BCUT2D eigenvalue weighted by Gasteiger charge is -2.11. The lowest BCUT2D eigenvalue weighted by Crippen LogP contribution is -2.24. The van der Waals surface area contributed by atoms with Crippen molar-refractivity contribution in [2.24, 2.45) is 5.10 Å². The van der Waals surface area contributed by atoms with Crippen LogP contribution in [-0.2, 0) is 4.79 Å². The van der Waals surface area contributed by atoms with Gasteiger partial charge in [-0.05, 0) is 83.9 Å². The van der Waals surface area contributed by atoms with Crippen LogP contribution in [0.5, 0.6) is 17.2 Å². The van der Waals surface area contributed by atoms with Crippen LogP contribution in [-0.4, -0.2) is 30.7 Å². The van der Waals surface area contributed by atoms with Crippen molar-refractivity contribution >= 4 is 47.3 Å². The fourth-order valence-corrected chi connectivity index (χ4v) is 4.25. The van der Waals surface area contributed by atoms with E-state index in [4.69, 9.17) is 37.4 Å². The van der Waals surface area contributed by atoms with Crippen molar-refractivity contribution in [3.63, 3.8) is 0 Å². The van der Waals surface area contributed by atoms with Gasteiger partial charge in [0.1, 0.15) is 17.2 Å². The van der Waals surface area contributed by atoms with Crippen molar-refractivity contribution in [2.75, 3.05) is 6.61 Å². The zero-order valence-electron chi connectivity index (χ0n) is 23.5. The Labute approximate surface area is 268 Å². The molecule has 5 rings (SSSR count). The van der Waals surface area contributed by atoms with Crippen molar-refractivity contribution in [3.8, 4) is 28.4 Å². The van der Waals surface area contributed by atoms with E-state index in [0.29, 0.717) is 21.4 Å². The van der Waals surface area contributed by atoms with E-state index < -0.39 is 17.8 Å². The van der Waals surface area contributed by atoms with Gasteiger partial charge in [-0.1, -0.05) is 65.7 Å². The number of ether oxygens (including phenoxy) is 3. The molecule has 0 aromatic heterocycles. The standard InChI is InChI=1S/C35H24Cl2N2O6/c36-28-13-6-25(7-14-28)34(41)44-31-19-12-27(32(20-31)45-35(42)26-8-15-29(37)16-9-26)21-38-39-33(40)22-43-30-17-10-24(11-18-30)23-4-2-1-3-5-23/h1-21H,22H2,(H,39,40)/b38-21+. The van der Waals surface area contributed by atoms with Crippen LogP contribution in [0.15, 0.2) is 126 Å². The maximum Gasteiger partial charge on any atom is 0.343 e. The Morgan fingerprint density at radius 2 is 1.20 bits per heavy atom. The minimum Gasteiger partial charge on any atom is -0.484 e. The first kappa shape index (κ1) is 31.0. The molecule has 0 saturated carbocycles. The molecule has 0 aliphatic rings. The van der Waals surface area contributed by atoms with Gasteiger partial charge in [0.05, 0.1) is 17.3 Å². The first-order valence-electron chi connectivity index (χ1n) is 13.5. The molecule has 0 atom stereocenters. The Bertz CT molecular complexity index is 1830. The average molecular weight is 639 g/mol. The van der Waals surface area contributed by atoms with Gasteiger partial charge in [-0.25, -0.2) is 15.0 Å². The number of esters is 2. The molecule has 0 heterocycles. The van der Waals surface area contributed by atoms with Gasteiger partial charge in [0.25, 0.3) is 5.91 Å². The lowest BCUT2D eigenvalue weighted by atomic mass is 10.1. The highest BCUT2D eigenvalue weighted by atomic mass is 35.5. The van der Waals surface area contributed by atoms with Gasteiger partial charge in [-0.15, -0.1) is 0 Å². The van der Waals surface area contributed by atoms with Crippen LogP contribution < -0.4 is 19.6 Å². The highest BCUT2D eigenvalue weighted by Gasteiger charge is 2.15. The van der Waals surface area contributed by atoms with Gasteiger partial charge in [0.2, 0.25) is 0 Å². The quantitative estimate of drug-likeness (QED) is 0.0730. The SMILES string of the molecule is O=C(COc1ccc(-c2ccccc2)cc1)N/N=C/c1ccc(OC(=O)c2ccc(Cl)cc2)cc1OC(=O)c1ccc(Cl)cc1. The monoisotopic (exact) mass is 638 g/mol. The van der Waals surface area contributed by atoms with E-state index in [1.54, 1.807) is 36.4 Å². The van der Waals surface area contributed by atoms with Crippen molar-refractivity contribution in [3.05, 3.63) is 148 Å². The lowest BCUT2D eigenvalue weighted by molar-refractivity contribution is -0.123. The first-order valence-corrected chi connectivity index (χ1v) is 14.3. The molecule has 1 N–H and O–H groups in total. The van der Waals surface area contributed by atoms with Gasteiger partial charge in [-0.3, -0.25) is 4.79 Å². The molecule has 0 aliphatic heterocycles. The molecule has 0 fully saturated rings. The largest absolute Gasteiger partial charge is 0.484 e. The minimum atomic E-state index is -0.682. The molecule has 0 aliphatic carbocycles.